The zero-order valence-corrected chi connectivity index (χ0v) is 15.2. The minimum atomic E-state index is -0.230. The van der Waals surface area contributed by atoms with Crippen molar-refractivity contribution < 1.29 is 9.32 Å². The van der Waals surface area contributed by atoms with Gasteiger partial charge < -0.3 is 20.5 Å². The molecule has 1 saturated heterocycles. The van der Waals surface area contributed by atoms with Gasteiger partial charge in [-0.3, -0.25) is 4.79 Å². The summed E-state index contributed by atoms with van der Waals surface area (Å²) in [5.74, 6) is 0.938. The van der Waals surface area contributed by atoms with Crippen LogP contribution in [0.25, 0.3) is 0 Å². The van der Waals surface area contributed by atoms with Gasteiger partial charge in [0.15, 0.2) is 5.96 Å². The van der Waals surface area contributed by atoms with Gasteiger partial charge in [-0.15, -0.1) is 24.0 Å². The third kappa shape index (κ3) is 5.82. The number of likely N-dealkylation sites (tertiary alicyclic amines) is 1. The highest BCUT2D eigenvalue weighted by Crippen LogP contribution is 2.19. The Labute approximate surface area is 147 Å². The van der Waals surface area contributed by atoms with Gasteiger partial charge in [-0.25, -0.2) is 4.99 Å². The highest BCUT2D eigenvalue weighted by atomic mass is 127. The fourth-order valence-electron chi connectivity index (χ4n) is 2.61. The van der Waals surface area contributed by atoms with Crippen molar-refractivity contribution in [1.82, 2.24) is 15.4 Å². The lowest BCUT2D eigenvalue weighted by molar-refractivity contribution is -0.119. The number of aliphatic imine (C=N–C) groups is 1. The molecule has 1 fully saturated rings. The number of nitrogens with zero attached hydrogens (tertiary/aromatic N) is 3. The van der Waals surface area contributed by atoms with Crippen LogP contribution in [0.2, 0.25) is 0 Å². The average molecular weight is 421 g/mol. The molecule has 0 bridgehead atoms. The third-order valence-corrected chi connectivity index (χ3v) is 3.53. The zero-order valence-electron chi connectivity index (χ0n) is 12.8. The van der Waals surface area contributed by atoms with Crippen molar-refractivity contribution in [3.63, 3.8) is 0 Å². The normalized spacial score (nSPS) is 18.7. The van der Waals surface area contributed by atoms with Crippen LogP contribution < -0.4 is 11.1 Å². The smallest absolute Gasteiger partial charge is 0.217 e. The van der Waals surface area contributed by atoms with Crippen molar-refractivity contribution in [2.45, 2.75) is 32.7 Å². The Kier molecular flexibility index (Phi) is 8.21. The molecule has 8 heteroatoms. The number of hydrogen-bond donors (Lipinski definition) is 2. The molecular weight excluding hydrogens is 397 g/mol. The SMILES string of the molecule is CCNC(=NCc1ccon1)N1CCCC(CC(N)=O)C1.I. The first-order valence-electron chi connectivity index (χ1n) is 7.40. The second-order valence-electron chi connectivity index (χ2n) is 5.29. The number of hydrogen-bond acceptors (Lipinski definition) is 4. The number of nitrogens with two attached hydrogens (primary N) is 1. The summed E-state index contributed by atoms with van der Waals surface area (Å²) in [6, 6.07) is 1.80. The van der Waals surface area contributed by atoms with Crippen LogP contribution in [-0.2, 0) is 11.3 Å². The van der Waals surface area contributed by atoms with Crippen LogP contribution in [0.3, 0.4) is 0 Å². The molecule has 3 N–H and O–H groups in total. The highest BCUT2D eigenvalue weighted by molar-refractivity contribution is 14.0. The molecule has 1 aliphatic heterocycles. The number of piperidine rings is 1. The molecule has 2 heterocycles. The molecule has 1 atom stereocenters. The highest BCUT2D eigenvalue weighted by Gasteiger charge is 2.23. The predicted octanol–water partition coefficient (Wildman–Crippen LogP) is 1.35. The maximum absolute atomic E-state index is 11.1. The first kappa shape index (κ1) is 18.7. The number of nitrogens with one attached hydrogen (secondary N) is 1. The molecule has 2 rings (SSSR count). The van der Waals surface area contributed by atoms with E-state index in [2.05, 4.69) is 20.4 Å². The molecular formula is C14H24IN5O2. The van der Waals surface area contributed by atoms with Crippen molar-refractivity contribution in [2.24, 2.45) is 16.6 Å². The lowest BCUT2D eigenvalue weighted by Crippen LogP contribution is -2.47. The van der Waals surface area contributed by atoms with E-state index in [9.17, 15) is 4.79 Å². The summed E-state index contributed by atoms with van der Waals surface area (Å²) >= 11 is 0. The van der Waals surface area contributed by atoms with E-state index in [1.54, 1.807) is 12.3 Å². The molecule has 124 valence electrons. The predicted molar refractivity (Wildman–Crippen MR) is 94.8 cm³/mol. The lowest BCUT2D eigenvalue weighted by Gasteiger charge is -2.34. The lowest BCUT2D eigenvalue weighted by atomic mass is 9.95. The van der Waals surface area contributed by atoms with Gasteiger partial charge in [0, 0.05) is 32.1 Å². The maximum atomic E-state index is 11.1. The van der Waals surface area contributed by atoms with Crippen LogP contribution in [0.4, 0.5) is 0 Å². The number of guanidine groups is 1. The third-order valence-electron chi connectivity index (χ3n) is 3.53. The van der Waals surface area contributed by atoms with Gasteiger partial charge >= 0.3 is 0 Å². The fourth-order valence-corrected chi connectivity index (χ4v) is 2.61. The van der Waals surface area contributed by atoms with Crippen molar-refractivity contribution in [3.05, 3.63) is 18.0 Å². The molecule has 1 aromatic heterocycles. The Morgan fingerprint density at radius 2 is 2.45 bits per heavy atom. The molecule has 1 aromatic rings. The fraction of sp³-hybridized carbons (Fsp3) is 0.643. The Morgan fingerprint density at radius 3 is 3.09 bits per heavy atom. The van der Waals surface area contributed by atoms with Crippen LogP contribution in [-0.4, -0.2) is 41.6 Å². The van der Waals surface area contributed by atoms with E-state index < -0.39 is 0 Å². The van der Waals surface area contributed by atoms with Crippen molar-refractivity contribution >= 4 is 35.8 Å². The Hall–Kier alpha value is -1.32. The Balaban J connectivity index is 0.00000242. The largest absolute Gasteiger partial charge is 0.370 e. The zero-order chi connectivity index (χ0) is 15.1. The molecule has 0 aliphatic carbocycles. The van der Waals surface area contributed by atoms with E-state index in [1.807, 2.05) is 6.92 Å². The average Bonchev–Trinajstić information content (AvgIpc) is 2.96. The molecule has 0 radical (unpaired) electrons. The van der Waals surface area contributed by atoms with Crippen molar-refractivity contribution in [3.8, 4) is 0 Å². The van der Waals surface area contributed by atoms with Gasteiger partial charge in [0.05, 0.1) is 6.54 Å². The van der Waals surface area contributed by atoms with E-state index >= 15 is 0 Å². The van der Waals surface area contributed by atoms with Gasteiger partial charge in [-0.2, -0.15) is 0 Å². The number of primary amides is 1. The summed E-state index contributed by atoms with van der Waals surface area (Å²) < 4.78 is 4.81. The summed E-state index contributed by atoms with van der Waals surface area (Å²) in [4.78, 5) is 17.9. The van der Waals surface area contributed by atoms with Gasteiger partial charge in [0.25, 0.3) is 0 Å². The molecule has 0 saturated carbocycles. The molecule has 22 heavy (non-hydrogen) atoms. The second kappa shape index (κ2) is 9.65. The van der Waals surface area contributed by atoms with E-state index in [0.717, 1.165) is 44.1 Å². The summed E-state index contributed by atoms with van der Waals surface area (Å²) in [5, 5.41) is 7.15. The van der Waals surface area contributed by atoms with Crippen LogP contribution in [0.1, 0.15) is 31.9 Å². The minimum absolute atomic E-state index is 0. The number of amides is 1. The number of carbonyl (C=O) groups excluding carboxylic acids is 1. The molecule has 0 spiro atoms. The quantitative estimate of drug-likeness (QED) is 0.425. The van der Waals surface area contributed by atoms with Gasteiger partial charge in [0.1, 0.15) is 12.0 Å². The van der Waals surface area contributed by atoms with Crippen LogP contribution in [0.15, 0.2) is 21.8 Å². The molecule has 1 amide bonds. The standard InChI is InChI=1S/C14H23N5O2.HI/c1-2-16-14(17-9-12-5-7-21-18-12)19-6-3-4-11(10-19)8-13(15)20;/h5,7,11H,2-4,6,8-10H2,1H3,(H2,15,20)(H,16,17);1H. The van der Waals surface area contributed by atoms with E-state index in [4.69, 9.17) is 10.3 Å². The Bertz CT molecular complexity index is 478. The number of halogens is 1. The number of carbonyl (C=O) groups is 1. The van der Waals surface area contributed by atoms with E-state index in [1.165, 1.54) is 0 Å². The van der Waals surface area contributed by atoms with E-state index in [-0.39, 0.29) is 29.9 Å². The molecule has 1 unspecified atom stereocenters. The van der Waals surface area contributed by atoms with E-state index in [0.29, 0.717) is 18.9 Å². The van der Waals surface area contributed by atoms with Crippen molar-refractivity contribution in [2.75, 3.05) is 19.6 Å². The van der Waals surface area contributed by atoms with Gasteiger partial charge in [0.2, 0.25) is 5.91 Å². The number of rotatable bonds is 5. The topological polar surface area (TPSA) is 96.8 Å². The summed E-state index contributed by atoms with van der Waals surface area (Å²) in [6.45, 7) is 5.08. The number of aromatic nitrogens is 1. The minimum Gasteiger partial charge on any atom is -0.370 e. The first-order chi connectivity index (χ1) is 10.2. The molecule has 0 aromatic carbocycles. The molecule has 7 nitrogen and oxygen atoms in total. The van der Waals surface area contributed by atoms with Crippen LogP contribution in [0, 0.1) is 5.92 Å². The van der Waals surface area contributed by atoms with Crippen LogP contribution >= 0.6 is 24.0 Å². The van der Waals surface area contributed by atoms with Gasteiger partial charge in [-0.1, -0.05) is 5.16 Å². The molecule has 1 aliphatic rings. The first-order valence-corrected chi connectivity index (χ1v) is 7.40. The van der Waals surface area contributed by atoms with Crippen LogP contribution in [0.5, 0.6) is 0 Å². The van der Waals surface area contributed by atoms with Crippen molar-refractivity contribution in [1.29, 1.82) is 0 Å². The Morgan fingerprint density at radius 1 is 1.64 bits per heavy atom. The maximum Gasteiger partial charge on any atom is 0.217 e. The van der Waals surface area contributed by atoms with Gasteiger partial charge in [-0.05, 0) is 25.7 Å². The monoisotopic (exact) mass is 421 g/mol. The summed E-state index contributed by atoms with van der Waals surface area (Å²) in [6.07, 6.45) is 4.08. The summed E-state index contributed by atoms with van der Waals surface area (Å²) in [7, 11) is 0. The summed E-state index contributed by atoms with van der Waals surface area (Å²) in [5.41, 5.74) is 6.11. The second-order valence-corrected chi connectivity index (χ2v) is 5.29.